The van der Waals surface area contributed by atoms with E-state index in [4.69, 9.17) is 5.73 Å². The molecule has 1 saturated heterocycles. The van der Waals surface area contributed by atoms with Crippen LogP contribution in [-0.4, -0.2) is 46.5 Å². The fourth-order valence-corrected chi connectivity index (χ4v) is 1.75. The first-order valence-electron chi connectivity index (χ1n) is 5.06. The van der Waals surface area contributed by atoms with Crippen molar-refractivity contribution in [2.75, 3.05) is 36.8 Å². The monoisotopic (exact) mass is 221 g/mol. The van der Waals surface area contributed by atoms with Gasteiger partial charge in [-0.05, 0) is 10.3 Å². The smallest absolute Gasteiger partial charge is 0.245 e. The molecule has 1 fully saturated rings. The summed E-state index contributed by atoms with van der Waals surface area (Å²) in [6, 6.07) is 0. The predicted octanol–water partition coefficient (Wildman–Crippen LogP) is -0.995. The van der Waals surface area contributed by atoms with Crippen LogP contribution >= 0.6 is 0 Å². The molecule has 8 nitrogen and oxygen atoms in total. The molecule has 0 aromatic carbocycles. The van der Waals surface area contributed by atoms with Crippen molar-refractivity contribution in [3.8, 4) is 0 Å². The molecular formula is C8H11N7O. The van der Waals surface area contributed by atoms with Gasteiger partial charge in [-0.15, -0.1) is 0 Å². The number of nitrogens with one attached hydrogen (secondary N) is 1. The largest absolute Gasteiger partial charge is 0.381 e. The molecule has 2 aromatic rings. The van der Waals surface area contributed by atoms with E-state index in [1.54, 1.807) is 0 Å². The quantitative estimate of drug-likeness (QED) is 0.632. The number of nitrogens with zero attached hydrogens (tertiary/aromatic N) is 5. The van der Waals surface area contributed by atoms with Crippen LogP contribution in [0.3, 0.4) is 0 Å². The lowest BCUT2D eigenvalue weighted by molar-refractivity contribution is 0.314. The van der Waals surface area contributed by atoms with Gasteiger partial charge in [0.05, 0.1) is 0 Å². The van der Waals surface area contributed by atoms with Gasteiger partial charge in [0.1, 0.15) is 0 Å². The van der Waals surface area contributed by atoms with Crippen LogP contribution in [0.5, 0.6) is 0 Å². The zero-order valence-electron chi connectivity index (χ0n) is 8.55. The second-order valence-corrected chi connectivity index (χ2v) is 3.58. The highest BCUT2D eigenvalue weighted by Gasteiger charge is 2.17. The Balaban J connectivity index is 2.03. The molecule has 84 valence electrons. The van der Waals surface area contributed by atoms with Gasteiger partial charge in [0, 0.05) is 26.2 Å². The average molecular weight is 221 g/mol. The average Bonchev–Trinajstić information content (AvgIpc) is 2.76. The normalized spacial score (nSPS) is 16.9. The van der Waals surface area contributed by atoms with E-state index >= 15 is 0 Å². The topological polar surface area (TPSA) is 106 Å². The molecule has 1 aliphatic rings. The molecule has 1 aliphatic heterocycles. The summed E-state index contributed by atoms with van der Waals surface area (Å²) >= 11 is 0. The maximum absolute atomic E-state index is 5.83. The van der Waals surface area contributed by atoms with Crippen molar-refractivity contribution in [2.45, 2.75) is 0 Å². The SMILES string of the molecule is Nc1nc2nonc2nc1N1CCNCC1. The molecule has 0 bridgehead atoms. The molecule has 8 heteroatoms. The Bertz CT molecular complexity index is 504. The molecule has 16 heavy (non-hydrogen) atoms. The van der Waals surface area contributed by atoms with Gasteiger partial charge in [-0.1, -0.05) is 0 Å². The van der Waals surface area contributed by atoms with Crippen molar-refractivity contribution in [1.82, 2.24) is 25.6 Å². The van der Waals surface area contributed by atoms with Crippen LogP contribution in [0.2, 0.25) is 0 Å². The summed E-state index contributed by atoms with van der Waals surface area (Å²) in [4.78, 5) is 10.5. The number of fused-ring (bicyclic) bond motifs is 1. The first kappa shape index (κ1) is 9.28. The number of anilines is 2. The zero-order chi connectivity index (χ0) is 11.0. The number of nitrogen functional groups attached to an aromatic ring is 1. The third kappa shape index (κ3) is 1.43. The second kappa shape index (κ2) is 3.56. The van der Waals surface area contributed by atoms with Gasteiger partial charge in [0.25, 0.3) is 0 Å². The molecule has 0 unspecified atom stereocenters. The van der Waals surface area contributed by atoms with Crippen LogP contribution < -0.4 is 16.0 Å². The molecule has 3 rings (SSSR count). The molecule has 0 radical (unpaired) electrons. The van der Waals surface area contributed by atoms with E-state index in [0.717, 1.165) is 26.2 Å². The summed E-state index contributed by atoms with van der Waals surface area (Å²) in [6.07, 6.45) is 0. The maximum atomic E-state index is 5.83. The molecular weight excluding hydrogens is 210 g/mol. The first-order chi connectivity index (χ1) is 7.84. The van der Waals surface area contributed by atoms with Gasteiger partial charge in [-0.2, -0.15) is 0 Å². The van der Waals surface area contributed by atoms with Crippen LogP contribution in [0.25, 0.3) is 11.3 Å². The van der Waals surface area contributed by atoms with Crippen molar-refractivity contribution in [3.63, 3.8) is 0 Å². The molecule has 3 heterocycles. The Morgan fingerprint density at radius 1 is 1.12 bits per heavy atom. The summed E-state index contributed by atoms with van der Waals surface area (Å²) in [7, 11) is 0. The van der Waals surface area contributed by atoms with Crippen LogP contribution in [-0.2, 0) is 0 Å². The van der Waals surface area contributed by atoms with Crippen LogP contribution in [0.15, 0.2) is 4.63 Å². The Kier molecular flexibility index (Phi) is 2.07. The number of hydrogen-bond acceptors (Lipinski definition) is 8. The molecule has 0 atom stereocenters. The van der Waals surface area contributed by atoms with Crippen molar-refractivity contribution in [3.05, 3.63) is 0 Å². The lowest BCUT2D eigenvalue weighted by Crippen LogP contribution is -2.44. The summed E-state index contributed by atoms with van der Waals surface area (Å²) in [6.45, 7) is 3.54. The van der Waals surface area contributed by atoms with Gasteiger partial charge in [-0.3, -0.25) is 0 Å². The maximum Gasteiger partial charge on any atom is 0.245 e. The highest BCUT2D eigenvalue weighted by Crippen LogP contribution is 2.20. The van der Waals surface area contributed by atoms with Gasteiger partial charge >= 0.3 is 0 Å². The number of hydrogen-bond donors (Lipinski definition) is 2. The highest BCUT2D eigenvalue weighted by molar-refractivity contribution is 5.72. The number of aromatic nitrogens is 4. The van der Waals surface area contributed by atoms with Gasteiger partial charge in [-0.25, -0.2) is 14.6 Å². The third-order valence-electron chi connectivity index (χ3n) is 2.54. The highest BCUT2D eigenvalue weighted by atomic mass is 16.6. The molecule has 0 amide bonds. The third-order valence-corrected chi connectivity index (χ3v) is 2.54. The first-order valence-corrected chi connectivity index (χ1v) is 5.06. The minimum Gasteiger partial charge on any atom is -0.381 e. The van der Waals surface area contributed by atoms with E-state index < -0.39 is 0 Å². The second-order valence-electron chi connectivity index (χ2n) is 3.58. The Morgan fingerprint density at radius 2 is 1.81 bits per heavy atom. The fourth-order valence-electron chi connectivity index (χ4n) is 1.75. The van der Waals surface area contributed by atoms with E-state index in [0.29, 0.717) is 22.9 Å². The van der Waals surface area contributed by atoms with E-state index in [1.807, 2.05) is 0 Å². The molecule has 0 aliphatic carbocycles. The summed E-state index contributed by atoms with van der Waals surface area (Å²) in [5.74, 6) is 1.02. The Labute approximate surface area is 90.8 Å². The van der Waals surface area contributed by atoms with E-state index in [-0.39, 0.29) is 0 Å². The summed E-state index contributed by atoms with van der Waals surface area (Å²) < 4.78 is 4.55. The molecule has 0 saturated carbocycles. The van der Waals surface area contributed by atoms with Crippen molar-refractivity contribution in [2.24, 2.45) is 0 Å². The number of nitrogens with two attached hydrogens (primary N) is 1. The number of piperazine rings is 1. The van der Waals surface area contributed by atoms with Crippen LogP contribution in [0.4, 0.5) is 11.6 Å². The van der Waals surface area contributed by atoms with E-state index in [1.165, 1.54) is 0 Å². The molecule has 2 aromatic heterocycles. The molecule has 3 N–H and O–H groups in total. The van der Waals surface area contributed by atoms with Gasteiger partial charge in [0.2, 0.25) is 11.3 Å². The van der Waals surface area contributed by atoms with Gasteiger partial charge in [0.15, 0.2) is 11.6 Å². The minimum absolute atomic E-state index is 0.344. The van der Waals surface area contributed by atoms with E-state index in [9.17, 15) is 0 Å². The van der Waals surface area contributed by atoms with E-state index in [2.05, 4.69) is 35.1 Å². The minimum atomic E-state index is 0.344. The van der Waals surface area contributed by atoms with Gasteiger partial charge < -0.3 is 16.0 Å². The predicted molar refractivity (Wildman–Crippen MR) is 56.9 cm³/mol. The van der Waals surface area contributed by atoms with Crippen LogP contribution in [0, 0.1) is 0 Å². The summed E-state index contributed by atoms with van der Waals surface area (Å²) in [5.41, 5.74) is 6.57. The lowest BCUT2D eigenvalue weighted by atomic mass is 10.3. The Hall–Kier alpha value is -1.96. The molecule has 0 spiro atoms. The van der Waals surface area contributed by atoms with Crippen molar-refractivity contribution >= 4 is 22.9 Å². The summed E-state index contributed by atoms with van der Waals surface area (Å²) in [5, 5.41) is 10.5. The Morgan fingerprint density at radius 3 is 2.56 bits per heavy atom. The fraction of sp³-hybridized carbons (Fsp3) is 0.500. The van der Waals surface area contributed by atoms with Crippen molar-refractivity contribution in [1.29, 1.82) is 0 Å². The lowest BCUT2D eigenvalue weighted by Gasteiger charge is -2.28. The zero-order valence-corrected chi connectivity index (χ0v) is 8.55. The van der Waals surface area contributed by atoms with Crippen molar-refractivity contribution < 1.29 is 4.63 Å². The number of rotatable bonds is 1. The standard InChI is InChI=1S/C8H11N7O/c9-5-8(15-3-1-10-2-4-15)12-7-6(11-5)13-16-14-7/h10H,1-4H2,(H2,9,11,13). The van der Waals surface area contributed by atoms with Crippen LogP contribution in [0.1, 0.15) is 0 Å².